The van der Waals surface area contributed by atoms with E-state index in [0.29, 0.717) is 12.3 Å². The molecule has 4 aromatic carbocycles. The highest BCUT2D eigenvalue weighted by Crippen LogP contribution is 2.42. The SMILES string of the molecule is COc1c(/C(C)=C/C(=O)NCc2ccc(C)cc2)cc2c(-c3cccc4ccccc34)coc2c1C. The van der Waals surface area contributed by atoms with Crippen LogP contribution in [0.4, 0.5) is 0 Å². The Morgan fingerprint density at radius 3 is 2.47 bits per heavy atom. The highest BCUT2D eigenvalue weighted by molar-refractivity contribution is 6.07. The minimum absolute atomic E-state index is 0.144. The van der Waals surface area contributed by atoms with Crippen LogP contribution in [0, 0.1) is 13.8 Å². The van der Waals surface area contributed by atoms with Gasteiger partial charge in [-0.2, -0.15) is 0 Å². The number of amides is 1. The molecule has 0 fully saturated rings. The first kappa shape index (κ1) is 23.4. The van der Waals surface area contributed by atoms with Crippen molar-refractivity contribution in [2.24, 2.45) is 0 Å². The number of carbonyl (C=O) groups excluding carboxylic acids is 1. The summed E-state index contributed by atoms with van der Waals surface area (Å²) < 4.78 is 11.8. The number of ether oxygens (including phenoxy) is 1. The number of nitrogens with one attached hydrogen (secondary N) is 1. The van der Waals surface area contributed by atoms with Crippen molar-refractivity contribution >= 4 is 33.2 Å². The molecule has 180 valence electrons. The van der Waals surface area contributed by atoms with Gasteiger partial charge in [0.05, 0.1) is 13.4 Å². The van der Waals surface area contributed by atoms with Gasteiger partial charge in [0, 0.05) is 34.7 Å². The zero-order valence-corrected chi connectivity index (χ0v) is 21.0. The van der Waals surface area contributed by atoms with E-state index in [1.54, 1.807) is 13.2 Å². The van der Waals surface area contributed by atoms with Crippen LogP contribution < -0.4 is 10.1 Å². The molecule has 5 aromatic rings. The number of methoxy groups -OCH3 is 1. The monoisotopic (exact) mass is 475 g/mol. The van der Waals surface area contributed by atoms with Crippen LogP contribution >= 0.6 is 0 Å². The van der Waals surface area contributed by atoms with Crippen LogP contribution in [0.5, 0.6) is 5.75 Å². The van der Waals surface area contributed by atoms with Gasteiger partial charge in [0.1, 0.15) is 11.3 Å². The zero-order valence-electron chi connectivity index (χ0n) is 21.0. The Bertz CT molecular complexity index is 1600. The van der Waals surface area contributed by atoms with Gasteiger partial charge in [-0.1, -0.05) is 72.3 Å². The van der Waals surface area contributed by atoms with Gasteiger partial charge in [-0.3, -0.25) is 4.79 Å². The molecular formula is C32H29NO3. The number of benzene rings is 4. The van der Waals surface area contributed by atoms with E-state index in [1.165, 1.54) is 16.3 Å². The molecule has 4 heteroatoms. The number of aryl methyl sites for hydroxylation is 2. The normalized spacial score (nSPS) is 11.7. The number of fused-ring (bicyclic) bond motifs is 2. The van der Waals surface area contributed by atoms with Gasteiger partial charge in [0.15, 0.2) is 0 Å². The minimum Gasteiger partial charge on any atom is -0.496 e. The van der Waals surface area contributed by atoms with Crippen LogP contribution in [0.2, 0.25) is 0 Å². The Morgan fingerprint density at radius 2 is 1.69 bits per heavy atom. The smallest absolute Gasteiger partial charge is 0.244 e. The molecule has 0 radical (unpaired) electrons. The summed E-state index contributed by atoms with van der Waals surface area (Å²) in [6.45, 7) is 6.45. The number of allylic oxidation sites excluding steroid dienone is 1. The summed E-state index contributed by atoms with van der Waals surface area (Å²) in [6.07, 6.45) is 3.45. The summed E-state index contributed by atoms with van der Waals surface area (Å²) in [6, 6.07) is 24.9. The maximum atomic E-state index is 12.8. The van der Waals surface area contributed by atoms with E-state index in [-0.39, 0.29) is 5.91 Å². The van der Waals surface area contributed by atoms with Crippen LogP contribution in [0.1, 0.15) is 29.2 Å². The van der Waals surface area contributed by atoms with Crippen molar-refractivity contribution in [3.05, 3.63) is 107 Å². The second-order valence-corrected chi connectivity index (χ2v) is 9.17. The summed E-state index contributed by atoms with van der Waals surface area (Å²) in [5.74, 6) is 0.566. The number of furan rings is 1. The minimum atomic E-state index is -0.144. The average molecular weight is 476 g/mol. The summed E-state index contributed by atoms with van der Waals surface area (Å²) >= 11 is 0. The van der Waals surface area contributed by atoms with Gasteiger partial charge >= 0.3 is 0 Å². The molecule has 4 nitrogen and oxygen atoms in total. The first-order valence-electron chi connectivity index (χ1n) is 12.0. The molecule has 0 bridgehead atoms. The molecule has 1 N–H and O–H groups in total. The molecule has 1 amide bonds. The average Bonchev–Trinajstić information content (AvgIpc) is 3.32. The van der Waals surface area contributed by atoms with Crippen molar-refractivity contribution in [3.63, 3.8) is 0 Å². The van der Waals surface area contributed by atoms with E-state index < -0.39 is 0 Å². The molecule has 0 saturated heterocycles. The molecule has 1 aromatic heterocycles. The van der Waals surface area contributed by atoms with Gasteiger partial charge in [-0.05, 0) is 54.3 Å². The molecule has 0 aliphatic carbocycles. The highest BCUT2D eigenvalue weighted by atomic mass is 16.5. The van der Waals surface area contributed by atoms with Crippen LogP contribution in [0.25, 0.3) is 38.4 Å². The topological polar surface area (TPSA) is 51.5 Å². The third-order valence-electron chi connectivity index (χ3n) is 6.69. The number of hydrogen-bond acceptors (Lipinski definition) is 3. The van der Waals surface area contributed by atoms with Crippen molar-refractivity contribution in [2.75, 3.05) is 7.11 Å². The fourth-order valence-corrected chi connectivity index (χ4v) is 4.76. The second-order valence-electron chi connectivity index (χ2n) is 9.17. The van der Waals surface area contributed by atoms with E-state index >= 15 is 0 Å². The third-order valence-corrected chi connectivity index (χ3v) is 6.69. The van der Waals surface area contributed by atoms with E-state index in [0.717, 1.165) is 44.4 Å². The van der Waals surface area contributed by atoms with Gasteiger partial charge in [-0.25, -0.2) is 0 Å². The lowest BCUT2D eigenvalue weighted by Crippen LogP contribution is -2.20. The fourth-order valence-electron chi connectivity index (χ4n) is 4.76. The molecular weight excluding hydrogens is 446 g/mol. The van der Waals surface area contributed by atoms with Crippen molar-refractivity contribution in [1.82, 2.24) is 5.32 Å². The lowest BCUT2D eigenvalue weighted by atomic mass is 9.94. The van der Waals surface area contributed by atoms with Gasteiger partial charge in [0.2, 0.25) is 5.91 Å². The summed E-state index contributed by atoms with van der Waals surface area (Å²) in [4.78, 5) is 12.8. The number of rotatable bonds is 6. The van der Waals surface area contributed by atoms with Gasteiger partial charge < -0.3 is 14.5 Å². The standard InChI is InChI=1S/C32H29NO3/c1-20-12-14-23(15-13-20)18-33-30(34)16-21(2)27-17-28-29(19-36-32(28)22(3)31(27)35-4)26-11-7-9-24-8-5-6-10-25(24)26/h5-17,19H,18H2,1-4H3,(H,33,34)/b21-16+. The summed E-state index contributed by atoms with van der Waals surface area (Å²) in [5.41, 5.74) is 7.78. The molecule has 5 rings (SSSR count). The Hall–Kier alpha value is -4.31. The Balaban J connectivity index is 1.54. The quantitative estimate of drug-likeness (QED) is 0.257. The van der Waals surface area contributed by atoms with Gasteiger partial charge in [-0.15, -0.1) is 0 Å². The summed E-state index contributed by atoms with van der Waals surface area (Å²) in [5, 5.41) is 6.32. The lowest BCUT2D eigenvalue weighted by Gasteiger charge is -2.14. The Kier molecular flexibility index (Phi) is 6.34. The highest BCUT2D eigenvalue weighted by Gasteiger charge is 2.19. The number of carbonyl (C=O) groups is 1. The van der Waals surface area contributed by atoms with Crippen LogP contribution in [-0.2, 0) is 11.3 Å². The Morgan fingerprint density at radius 1 is 0.944 bits per heavy atom. The molecule has 0 saturated carbocycles. The fraction of sp³-hybridized carbons (Fsp3) is 0.156. The van der Waals surface area contributed by atoms with E-state index in [9.17, 15) is 4.79 Å². The van der Waals surface area contributed by atoms with E-state index in [1.807, 2.05) is 57.4 Å². The Labute approximate surface area is 211 Å². The zero-order chi connectivity index (χ0) is 25.2. The summed E-state index contributed by atoms with van der Waals surface area (Å²) in [7, 11) is 1.65. The van der Waals surface area contributed by atoms with Crippen LogP contribution in [0.15, 0.2) is 89.6 Å². The maximum absolute atomic E-state index is 12.8. The molecule has 0 unspecified atom stereocenters. The van der Waals surface area contributed by atoms with E-state index in [2.05, 4.69) is 47.8 Å². The largest absolute Gasteiger partial charge is 0.496 e. The third kappa shape index (κ3) is 4.38. The second kappa shape index (κ2) is 9.74. The maximum Gasteiger partial charge on any atom is 0.244 e. The molecule has 0 aliphatic heterocycles. The first-order chi connectivity index (χ1) is 17.5. The predicted octanol–water partition coefficient (Wildman–Crippen LogP) is 7.60. The molecule has 1 heterocycles. The number of hydrogen-bond donors (Lipinski definition) is 1. The van der Waals surface area contributed by atoms with Crippen LogP contribution in [-0.4, -0.2) is 13.0 Å². The van der Waals surface area contributed by atoms with E-state index in [4.69, 9.17) is 9.15 Å². The molecule has 0 spiro atoms. The molecule has 0 atom stereocenters. The lowest BCUT2D eigenvalue weighted by molar-refractivity contribution is -0.116. The predicted molar refractivity (Wildman–Crippen MR) is 147 cm³/mol. The van der Waals surface area contributed by atoms with Crippen molar-refractivity contribution in [3.8, 4) is 16.9 Å². The first-order valence-corrected chi connectivity index (χ1v) is 12.0. The molecule has 0 aliphatic rings. The van der Waals surface area contributed by atoms with Crippen LogP contribution in [0.3, 0.4) is 0 Å². The van der Waals surface area contributed by atoms with Crippen molar-refractivity contribution in [2.45, 2.75) is 27.3 Å². The molecule has 36 heavy (non-hydrogen) atoms. The van der Waals surface area contributed by atoms with Crippen molar-refractivity contribution < 1.29 is 13.9 Å². The van der Waals surface area contributed by atoms with Crippen molar-refractivity contribution in [1.29, 1.82) is 0 Å². The van der Waals surface area contributed by atoms with Gasteiger partial charge in [0.25, 0.3) is 0 Å².